The molecule has 1 aromatic heterocycles. The van der Waals surface area contributed by atoms with Gasteiger partial charge in [-0.25, -0.2) is 0 Å². The summed E-state index contributed by atoms with van der Waals surface area (Å²) >= 11 is 0. The molecule has 0 saturated carbocycles. The van der Waals surface area contributed by atoms with Crippen molar-refractivity contribution in [1.82, 2.24) is 24.8 Å². The topological polar surface area (TPSA) is 65.7 Å². The summed E-state index contributed by atoms with van der Waals surface area (Å²) in [5.74, 6) is 1.71. The first-order valence-electron chi connectivity index (χ1n) is 8.18. The predicted molar refractivity (Wildman–Crippen MR) is 81.3 cm³/mol. The van der Waals surface area contributed by atoms with Crippen molar-refractivity contribution < 1.29 is 9.32 Å². The summed E-state index contributed by atoms with van der Waals surface area (Å²) in [4.78, 5) is 22.8. The van der Waals surface area contributed by atoms with E-state index in [9.17, 15) is 4.79 Å². The maximum absolute atomic E-state index is 11.6. The van der Waals surface area contributed by atoms with Gasteiger partial charge in [0.05, 0.1) is 6.04 Å². The number of aryl methyl sites for hydroxylation is 1. The Kier molecular flexibility index (Phi) is 4.73. The van der Waals surface area contributed by atoms with Crippen LogP contribution in [0.2, 0.25) is 0 Å². The quantitative estimate of drug-likeness (QED) is 0.797. The van der Waals surface area contributed by atoms with Gasteiger partial charge in [-0.1, -0.05) is 5.16 Å². The number of carbonyl (C=O) groups excluding carboxylic acids is 1. The standard InChI is InChI=1S/C15H25N5O2/c1-12(15-16-13(2)17-22-15)19-9-6-18(7-10-19)8-11-20-5-3-4-14(20)21/h12H,3-11H2,1-2H3. The van der Waals surface area contributed by atoms with E-state index in [0.29, 0.717) is 17.6 Å². The molecule has 1 aromatic rings. The van der Waals surface area contributed by atoms with E-state index >= 15 is 0 Å². The minimum atomic E-state index is 0.170. The van der Waals surface area contributed by atoms with Gasteiger partial charge >= 0.3 is 0 Å². The Labute approximate surface area is 131 Å². The number of hydrogen-bond donors (Lipinski definition) is 0. The van der Waals surface area contributed by atoms with Crippen molar-refractivity contribution >= 4 is 5.91 Å². The molecule has 2 saturated heterocycles. The van der Waals surface area contributed by atoms with Crippen molar-refractivity contribution in [2.24, 2.45) is 0 Å². The van der Waals surface area contributed by atoms with Crippen LogP contribution >= 0.6 is 0 Å². The third-order valence-corrected chi connectivity index (χ3v) is 4.71. The van der Waals surface area contributed by atoms with E-state index in [4.69, 9.17) is 4.52 Å². The zero-order valence-corrected chi connectivity index (χ0v) is 13.5. The van der Waals surface area contributed by atoms with Gasteiger partial charge in [0.25, 0.3) is 0 Å². The van der Waals surface area contributed by atoms with Crippen molar-refractivity contribution in [3.63, 3.8) is 0 Å². The van der Waals surface area contributed by atoms with Crippen molar-refractivity contribution in [2.45, 2.75) is 32.7 Å². The van der Waals surface area contributed by atoms with Crippen LogP contribution in [0.15, 0.2) is 4.52 Å². The molecule has 0 aliphatic carbocycles. The number of rotatable bonds is 5. The second-order valence-electron chi connectivity index (χ2n) is 6.22. The Morgan fingerprint density at radius 2 is 1.95 bits per heavy atom. The van der Waals surface area contributed by atoms with Gasteiger partial charge in [0.15, 0.2) is 5.82 Å². The Morgan fingerprint density at radius 3 is 2.55 bits per heavy atom. The number of aromatic nitrogens is 2. The van der Waals surface area contributed by atoms with E-state index in [1.807, 2.05) is 11.8 Å². The molecular formula is C15H25N5O2. The van der Waals surface area contributed by atoms with Gasteiger partial charge in [-0.3, -0.25) is 14.6 Å². The monoisotopic (exact) mass is 307 g/mol. The smallest absolute Gasteiger partial charge is 0.243 e. The lowest BCUT2D eigenvalue weighted by molar-refractivity contribution is -0.127. The van der Waals surface area contributed by atoms with Gasteiger partial charge in [0.2, 0.25) is 11.8 Å². The van der Waals surface area contributed by atoms with E-state index in [0.717, 1.165) is 58.7 Å². The van der Waals surface area contributed by atoms with E-state index in [-0.39, 0.29) is 6.04 Å². The molecule has 7 heteroatoms. The van der Waals surface area contributed by atoms with Gasteiger partial charge in [0, 0.05) is 52.2 Å². The number of nitrogens with zero attached hydrogens (tertiary/aromatic N) is 5. The maximum atomic E-state index is 11.6. The van der Waals surface area contributed by atoms with Crippen LogP contribution in [0.1, 0.15) is 37.5 Å². The molecule has 2 aliphatic heterocycles. The van der Waals surface area contributed by atoms with Crippen LogP contribution in [0.4, 0.5) is 0 Å². The highest BCUT2D eigenvalue weighted by molar-refractivity contribution is 5.78. The van der Waals surface area contributed by atoms with Gasteiger partial charge in [-0.05, 0) is 20.3 Å². The van der Waals surface area contributed by atoms with Crippen LogP contribution in [0.3, 0.4) is 0 Å². The van der Waals surface area contributed by atoms with Crippen molar-refractivity contribution in [3.05, 3.63) is 11.7 Å². The lowest BCUT2D eigenvalue weighted by Gasteiger charge is -2.37. The molecule has 2 fully saturated rings. The van der Waals surface area contributed by atoms with Crippen molar-refractivity contribution in [3.8, 4) is 0 Å². The Balaban J connectivity index is 1.43. The summed E-state index contributed by atoms with van der Waals surface area (Å²) < 4.78 is 5.27. The average molecular weight is 307 g/mol. The highest BCUT2D eigenvalue weighted by Gasteiger charge is 2.26. The number of likely N-dealkylation sites (tertiary alicyclic amines) is 1. The largest absolute Gasteiger partial charge is 0.341 e. The Hall–Kier alpha value is -1.47. The molecule has 0 bridgehead atoms. The summed E-state index contributed by atoms with van der Waals surface area (Å²) in [5.41, 5.74) is 0. The molecule has 3 rings (SSSR count). The van der Waals surface area contributed by atoms with E-state index in [1.54, 1.807) is 0 Å². The summed E-state index contributed by atoms with van der Waals surface area (Å²) in [6.07, 6.45) is 1.75. The molecule has 1 atom stereocenters. The molecular weight excluding hydrogens is 282 g/mol. The number of amides is 1. The van der Waals surface area contributed by atoms with Crippen LogP contribution in [0, 0.1) is 6.92 Å². The van der Waals surface area contributed by atoms with Gasteiger partial charge in [-0.2, -0.15) is 4.98 Å². The van der Waals surface area contributed by atoms with Gasteiger partial charge in [-0.15, -0.1) is 0 Å². The first-order valence-corrected chi connectivity index (χ1v) is 8.18. The highest BCUT2D eigenvalue weighted by atomic mass is 16.5. The fraction of sp³-hybridized carbons (Fsp3) is 0.800. The molecule has 0 N–H and O–H groups in total. The molecule has 0 radical (unpaired) electrons. The molecule has 1 unspecified atom stereocenters. The second-order valence-corrected chi connectivity index (χ2v) is 6.22. The Morgan fingerprint density at radius 1 is 1.18 bits per heavy atom. The second kappa shape index (κ2) is 6.75. The molecule has 1 amide bonds. The molecule has 122 valence electrons. The van der Waals surface area contributed by atoms with E-state index in [1.165, 1.54) is 0 Å². The van der Waals surface area contributed by atoms with Crippen LogP contribution in [0.25, 0.3) is 0 Å². The van der Waals surface area contributed by atoms with Crippen LogP contribution in [-0.4, -0.2) is 76.6 Å². The zero-order chi connectivity index (χ0) is 15.5. The predicted octanol–water partition coefficient (Wildman–Crippen LogP) is 0.679. The molecule has 0 aromatic carbocycles. The van der Waals surface area contributed by atoms with Crippen LogP contribution < -0.4 is 0 Å². The summed E-state index contributed by atoms with van der Waals surface area (Å²) in [7, 11) is 0. The van der Waals surface area contributed by atoms with Gasteiger partial charge < -0.3 is 9.42 Å². The SMILES string of the molecule is Cc1noc(C(C)N2CCN(CCN3CCCC3=O)CC2)n1. The van der Waals surface area contributed by atoms with Gasteiger partial charge in [0.1, 0.15) is 0 Å². The number of piperazine rings is 1. The lowest BCUT2D eigenvalue weighted by Crippen LogP contribution is -2.49. The molecule has 2 aliphatic rings. The third-order valence-electron chi connectivity index (χ3n) is 4.71. The minimum Gasteiger partial charge on any atom is -0.341 e. The molecule has 22 heavy (non-hydrogen) atoms. The minimum absolute atomic E-state index is 0.170. The first kappa shape index (κ1) is 15.4. The average Bonchev–Trinajstić information content (AvgIpc) is 3.13. The van der Waals surface area contributed by atoms with Crippen LogP contribution in [-0.2, 0) is 4.79 Å². The molecule has 3 heterocycles. The summed E-state index contributed by atoms with van der Waals surface area (Å²) in [6.45, 7) is 10.8. The zero-order valence-electron chi connectivity index (χ0n) is 13.5. The fourth-order valence-electron chi connectivity index (χ4n) is 3.22. The molecule has 0 spiro atoms. The maximum Gasteiger partial charge on any atom is 0.243 e. The lowest BCUT2D eigenvalue weighted by atomic mass is 10.2. The number of carbonyl (C=O) groups is 1. The van der Waals surface area contributed by atoms with Crippen LogP contribution in [0.5, 0.6) is 0 Å². The Bertz CT molecular complexity index is 510. The van der Waals surface area contributed by atoms with E-state index in [2.05, 4.69) is 26.9 Å². The first-order chi connectivity index (χ1) is 10.6. The third kappa shape index (κ3) is 3.47. The van der Waals surface area contributed by atoms with E-state index < -0.39 is 0 Å². The number of hydrogen-bond acceptors (Lipinski definition) is 6. The fourth-order valence-corrected chi connectivity index (χ4v) is 3.22. The summed E-state index contributed by atoms with van der Waals surface area (Å²) in [5, 5.41) is 3.87. The normalized spacial score (nSPS) is 22.5. The van der Waals surface area contributed by atoms with Crippen molar-refractivity contribution in [2.75, 3.05) is 45.8 Å². The molecule has 7 nitrogen and oxygen atoms in total. The highest BCUT2D eigenvalue weighted by Crippen LogP contribution is 2.20. The summed E-state index contributed by atoms with van der Waals surface area (Å²) in [6, 6.07) is 0.170. The van der Waals surface area contributed by atoms with Crippen molar-refractivity contribution in [1.29, 1.82) is 0 Å².